The normalized spacial score (nSPS) is 12.1. The Balaban J connectivity index is 1.76. The molecule has 4 aromatic rings. The fourth-order valence-electron chi connectivity index (χ4n) is 4.49. The summed E-state index contributed by atoms with van der Waals surface area (Å²) in [6.45, 7) is 6.40. The Morgan fingerprint density at radius 1 is 0.868 bits per heavy atom. The third-order valence-electron chi connectivity index (χ3n) is 6.14. The van der Waals surface area contributed by atoms with Crippen molar-refractivity contribution in [1.82, 2.24) is 9.97 Å². The number of aryl methyl sites for hydroxylation is 2. The lowest BCUT2D eigenvalue weighted by Gasteiger charge is -2.39. The van der Waals surface area contributed by atoms with Gasteiger partial charge in [0.25, 0.3) is 0 Å². The summed E-state index contributed by atoms with van der Waals surface area (Å²) in [7, 11) is 0. The SMILES string of the molecule is CCOc1ccc(CCOC(c2ccccc2)(c2ccccc2)C(Oc2nc(C)cc(C)n2)C(=O)O)cc1. The summed E-state index contributed by atoms with van der Waals surface area (Å²) in [4.78, 5) is 21.6. The van der Waals surface area contributed by atoms with E-state index >= 15 is 0 Å². The van der Waals surface area contributed by atoms with Crippen LogP contribution in [0.1, 0.15) is 35.0 Å². The van der Waals surface area contributed by atoms with Gasteiger partial charge in [-0.15, -0.1) is 0 Å². The number of rotatable bonds is 12. The number of aliphatic carboxylic acids is 1. The molecule has 0 spiro atoms. The fourth-order valence-corrected chi connectivity index (χ4v) is 4.49. The molecular formula is C31H32N2O5. The van der Waals surface area contributed by atoms with Crippen molar-refractivity contribution in [2.45, 2.75) is 38.9 Å². The van der Waals surface area contributed by atoms with E-state index in [2.05, 4.69) is 9.97 Å². The van der Waals surface area contributed by atoms with E-state index in [9.17, 15) is 9.90 Å². The Morgan fingerprint density at radius 3 is 1.92 bits per heavy atom. The van der Waals surface area contributed by atoms with Gasteiger partial charge in [0.2, 0.25) is 6.10 Å². The van der Waals surface area contributed by atoms with Crippen LogP contribution >= 0.6 is 0 Å². The summed E-state index contributed by atoms with van der Waals surface area (Å²) in [5.41, 5.74) is 2.20. The molecule has 7 nitrogen and oxygen atoms in total. The van der Waals surface area contributed by atoms with Crippen LogP contribution in [-0.2, 0) is 21.6 Å². The van der Waals surface area contributed by atoms with Gasteiger partial charge in [-0.25, -0.2) is 14.8 Å². The van der Waals surface area contributed by atoms with Gasteiger partial charge < -0.3 is 19.3 Å². The molecular weight excluding hydrogens is 480 g/mol. The van der Waals surface area contributed by atoms with Crippen LogP contribution < -0.4 is 9.47 Å². The highest BCUT2D eigenvalue weighted by Gasteiger charge is 2.50. The minimum atomic E-state index is -1.49. The summed E-state index contributed by atoms with van der Waals surface area (Å²) in [6, 6.07) is 28.2. The van der Waals surface area contributed by atoms with Gasteiger partial charge in [-0.1, -0.05) is 72.8 Å². The van der Waals surface area contributed by atoms with Crippen LogP contribution in [0.5, 0.6) is 11.8 Å². The molecule has 0 saturated carbocycles. The third-order valence-corrected chi connectivity index (χ3v) is 6.14. The van der Waals surface area contributed by atoms with Crippen LogP contribution in [0.4, 0.5) is 0 Å². The first kappa shape index (κ1) is 26.8. The van der Waals surface area contributed by atoms with Gasteiger partial charge in [-0.2, -0.15) is 0 Å². The van der Waals surface area contributed by atoms with Crippen LogP contribution in [0, 0.1) is 13.8 Å². The molecule has 1 heterocycles. The first-order valence-corrected chi connectivity index (χ1v) is 12.6. The van der Waals surface area contributed by atoms with E-state index in [1.807, 2.05) is 106 Å². The van der Waals surface area contributed by atoms with Gasteiger partial charge in [-0.3, -0.25) is 0 Å². The Kier molecular flexibility index (Phi) is 8.71. The molecule has 1 N–H and O–H groups in total. The summed E-state index contributed by atoms with van der Waals surface area (Å²) < 4.78 is 18.3. The number of aromatic nitrogens is 2. The first-order chi connectivity index (χ1) is 18.4. The lowest BCUT2D eigenvalue weighted by Crippen LogP contribution is -2.51. The van der Waals surface area contributed by atoms with E-state index < -0.39 is 17.7 Å². The van der Waals surface area contributed by atoms with Crippen LogP contribution in [0.15, 0.2) is 91.0 Å². The molecule has 1 aromatic heterocycles. The molecule has 196 valence electrons. The number of benzene rings is 3. The minimum Gasteiger partial charge on any atom is -0.494 e. The lowest BCUT2D eigenvalue weighted by molar-refractivity contribution is -0.164. The molecule has 1 unspecified atom stereocenters. The Labute approximate surface area is 223 Å². The van der Waals surface area contributed by atoms with Gasteiger partial charge in [0.1, 0.15) is 5.75 Å². The number of nitrogens with zero attached hydrogens (tertiary/aromatic N) is 2. The Bertz CT molecular complexity index is 1270. The molecule has 0 saturated heterocycles. The van der Waals surface area contributed by atoms with Crippen molar-refractivity contribution in [3.63, 3.8) is 0 Å². The lowest BCUT2D eigenvalue weighted by atomic mass is 9.81. The van der Waals surface area contributed by atoms with E-state index in [1.54, 1.807) is 6.07 Å². The predicted molar refractivity (Wildman–Crippen MR) is 144 cm³/mol. The molecule has 0 aliphatic rings. The maximum Gasteiger partial charge on any atom is 0.348 e. The Morgan fingerprint density at radius 2 is 1.42 bits per heavy atom. The standard InChI is InChI=1S/C31H32N2O5/c1-4-36-27-17-15-24(16-18-27)19-20-37-31(25-11-7-5-8-12-25,26-13-9-6-10-14-26)28(29(34)35)38-30-32-22(2)21-23(3)33-30/h5-18,21,28H,4,19-20H2,1-3H3,(H,34,35). The summed E-state index contributed by atoms with van der Waals surface area (Å²) >= 11 is 0. The molecule has 7 heteroatoms. The highest BCUT2D eigenvalue weighted by atomic mass is 16.6. The van der Waals surface area contributed by atoms with Crippen molar-refractivity contribution in [2.24, 2.45) is 0 Å². The van der Waals surface area contributed by atoms with E-state index in [-0.39, 0.29) is 12.6 Å². The monoisotopic (exact) mass is 512 g/mol. The summed E-state index contributed by atoms with van der Waals surface area (Å²) in [5, 5.41) is 10.6. The number of hydrogen-bond acceptors (Lipinski definition) is 6. The van der Waals surface area contributed by atoms with Crippen molar-refractivity contribution in [1.29, 1.82) is 0 Å². The molecule has 0 aliphatic heterocycles. The maximum atomic E-state index is 12.9. The zero-order chi connectivity index (χ0) is 27.0. The van der Waals surface area contributed by atoms with Crippen molar-refractivity contribution >= 4 is 5.97 Å². The molecule has 0 amide bonds. The van der Waals surface area contributed by atoms with E-state index in [4.69, 9.17) is 14.2 Å². The van der Waals surface area contributed by atoms with Crippen LogP contribution in [0.2, 0.25) is 0 Å². The Hall–Kier alpha value is -4.23. The molecule has 38 heavy (non-hydrogen) atoms. The number of carboxylic acids is 1. The van der Waals surface area contributed by atoms with Crippen molar-refractivity contribution in [2.75, 3.05) is 13.2 Å². The minimum absolute atomic E-state index is 0.0127. The quantitative estimate of drug-likeness (QED) is 0.267. The average molecular weight is 513 g/mol. The van der Waals surface area contributed by atoms with Crippen LogP contribution in [0.3, 0.4) is 0 Å². The van der Waals surface area contributed by atoms with E-state index in [1.165, 1.54) is 0 Å². The molecule has 0 aliphatic carbocycles. The van der Waals surface area contributed by atoms with Crippen molar-refractivity contribution < 1.29 is 24.1 Å². The zero-order valence-corrected chi connectivity index (χ0v) is 21.8. The first-order valence-electron chi connectivity index (χ1n) is 12.6. The number of ether oxygens (including phenoxy) is 3. The van der Waals surface area contributed by atoms with Crippen molar-refractivity contribution in [3.8, 4) is 11.8 Å². The number of carbonyl (C=O) groups is 1. The van der Waals surface area contributed by atoms with E-state index in [0.717, 1.165) is 11.3 Å². The summed E-state index contributed by atoms with van der Waals surface area (Å²) in [6.07, 6.45) is -0.922. The molecule has 4 rings (SSSR count). The molecule has 3 aromatic carbocycles. The van der Waals surface area contributed by atoms with Crippen LogP contribution in [-0.4, -0.2) is 40.4 Å². The molecule has 1 atom stereocenters. The maximum absolute atomic E-state index is 12.9. The second kappa shape index (κ2) is 12.3. The second-order valence-electron chi connectivity index (χ2n) is 8.91. The highest BCUT2D eigenvalue weighted by Crippen LogP contribution is 2.39. The zero-order valence-electron chi connectivity index (χ0n) is 21.8. The van der Waals surface area contributed by atoms with Crippen LogP contribution in [0.25, 0.3) is 0 Å². The molecule has 0 fully saturated rings. The topological polar surface area (TPSA) is 90.8 Å². The molecule has 0 radical (unpaired) electrons. The van der Waals surface area contributed by atoms with Gasteiger partial charge in [0, 0.05) is 11.4 Å². The largest absolute Gasteiger partial charge is 0.494 e. The van der Waals surface area contributed by atoms with Gasteiger partial charge in [0.05, 0.1) is 13.2 Å². The fraction of sp³-hybridized carbons (Fsp3) is 0.258. The highest BCUT2D eigenvalue weighted by molar-refractivity contribution is 5.76. The smallest absolute Gasteiger partial charge is 0.348 e. The van der Waals surface area contributed by atoms with Gasteiger partial charge >= 0.3 is 12.0 Å². The predicted octanol–water partition coefficient (Wildman–Crippen LogP) is 5.53. The number of carboxylic acid groups (broad SMARTS) is 1. The van der Waals surface area contributed by atoms with E-state index in [0.29, 0.717) is 35.5 Å². The summed E-state index contributed by atoms with van der Waals surface area (Å²) in [5.74, 6) is -0.394. The van der Waals surface area contributed by atoms with Gasteiger partial charge in [0.15, 0.2) is 5.60 Å². The van der Waals surface area contributed by atoms with Gasteiger partial charge in [-0.05, 0) is 62.1 Å². The number of hydrogen-bond donors (Lipinski definition) is 1. The average Bonchev–Trinajstić information content (AvgIpc) is 2.92. The molecule has 0 bridgehead atoms. The second-order valence-corrected chi connectivity index (χ2v) is 8.91. The third kappa shape index (κ3) is 6.18. The van der Waals surface area contributed by atoms with Crippen molar-refractivity contribution in [3.05, 3.63) is 119 Å².